The molecule has 0 saturated carbocycles. The standard InChI is InChI=1S/C15H19ClN4O2S/c1-18(9-11-6-7-12(16)23-11)14(21)10-20-15(22)19-8-4-2-3-5-13(19)17-20/h6-7H,2-5,8-10H2,1H3. The number of halogens is 1. The normalized spacial score (nSPS) is 14.3. The van der Waals surface area contributed by atoms with Crippen LogP contribution in [-0.2, 0) is 30.8 Å². The number of hydrogen-bond donors (Lipinski definition) is 0. The number of rotatable bonds is 4. The summed E-state index contributed by atoms with van der Waals surface area (Å²) in [5, 5.41) is 4.34. The van der Waals surface area contributed by atoms with Crippen LogP contribution in [0, 0.1) is 0 Å². The maximum absolute atomic E-state index is 12.4. The molecule has 3 rings (SSSR count). The highest BCUT2D eigenvalue weighted by Gasteiger charge is 2.19. The molecule has 1 aliphatic rings. The summed E-state index contributed by atoms with van der Waals surface area (Å²) in [5.41, 5.74) is -0.178. The first-order valence-corrected chi connectivity index (χ1v) is 8.89. The molecule has 0 fully saturated rings. The van der Waals surface area contributed by atoms with Crippen molar-refractivity contribution < 1.29 is 4.79 Å². The van der Waals surface area contributed by atoms with Crippen molar-refractivity contribution in [2.24, 2.45) is 0 Å². The van der Waals surface area contributed by atoms with Crippen LogP contribution in [0.3, 0.4) is 0 Å². The Balaban J connectivity index is 1.69. The van der Waals surface area contributed by atoms with Gasteiger partial charge in [-0.05, 0) is 25.0 Å². The van der Waals surface area contributed by atoms with Gasteiger partial charge in [0.05, 0.1) is 10.9 Å². The molecule has 0 N–H and O–H groups in total. The zero-order chi connectivity index (χ0) is 16.4. The summed E-state index contributed by atoms with van der Waals surface area (Å²) in [4.78, 5) is 27.3. The van der Waals surface area contributed by atoms with E-state index in [2.05, 4.69) is 5.10 Å². The van der Waals surface area contributed by atoms with Crippen LogP contribution in [0.2, 0.25) is 4.34 Å². The summed E-state index contributed by atoms with van der Waals surface area (Å²) < 4.78 is 3.70. The largest absolute Gasteiger partial charge is 0.346 e. The minimum Gasteiger partial charge on any atom is -0.339 e. The Bertz CT molecular complexity index is 764. The van der Waals surface area contributed by atoms with E-state index < -0.39 is 0 Å². The van der Waals surface area contributed by atoms with Crippen LogP contribution >= 0.6 is 22.9 Å². The monoisotopic (exact) mass is 354 g/mol. The molecule has 0 atom stereocenters. The van der Waals surface area contributed by atoms with E-state index in [9.17, 15) is 9.59 Å². The third-order valence-electron chi connectivity index (χ3n) is 4.01. The summed E-state index contributed by atoms with van der Waals surface area (Å²) in [6.45, 7) is 1.17. The van der Waals surface area contributed by atoms with E-state index in [0.29, 0.717) is 17.4 Å². The maximum Gasteiger partial charge on any atom is 0.346 e. The number of amides is 1. The zero-order valence-electron chi connectivity index (χ0n) is 13.0. The number of fused-ring (bicyclic) bond motifs is 1. The molecule has 0 bridgehead atoms. The lowest BCUT2D eigenvalue weighted by Crippen LogP contribution is -2.34. The van der Waals surface area contributed by atoms with Gasteiger partial charge >= 0.3 is 5.69 Å². The highest BCUT2D eigenvalue weighted by molar-refractivity contribution is 7.16. The molecule has 6 nitrogen and oxygen atoms in total. The number of aryl methyl sites for hydroxylation is 1. The van der Waals surface area contributed by atoms with Crippen LogP contribution in [0.25, 0.3) is 0 Å². The van der Waals surface area contributed by atoms with E-state index in [1.54, 1.807) is 16.5 Å². The molecule has 3 heterocycles. The Morgan fingerprint density at radius 1 is 1.39 bits per heavy atom. The molecule has 0 spiro atoms. The second-order valence-corrected chi connectivity index (χ2v) is 7.57. The average Bonchev–Trinajstić information content (AvgIpc) is 2.94. The van der Waals surface area contributed by atoms with E-state index in [4.69, 9.17) is 11.6 Å². The predicted octanol–water partition coefficient (Wildman–Crippen LogP) is 2.14. The minimum absolute atomic E-state index is 0.0194. The second kappa shape index (κ2) is 6.88. The number of hydrogen-bond acceptors (Lipinski definition) is 4. The van der Waals surface area contributed by atoms with Gasteiger partial charge in [-0.15, -0.1) is 11.3 Å². The first kappa shape index (κ1) is 16.3. The van der Waals surface area contributed by atoms with Crippen molar-refractivity contribution in [3.05, 3.63) is 37.7 Å². The van der Waals surface area contributed by atoms with Crippen LogP contribution < -0.4 is 5.69 Å². The number of aromatic nitrogens is 3. The van der Waals surface area contributed by atoms with E-state index >= 15 is 0 Å². The van der Waals surface area contributed by atoms with Gasteiger partial charge in [0, 0.05) is 24.9 Å². The van der Waals surface area contributed by atoms with Crippen molar-refractivity contribution in [2.75, 3.05) is 7.05 Å². The molecular weight excluding hydrogens is 336 g/mol. The zero-order valence-corrected chi connectivity index (χ0v) is 14.6. The Hall–Kier alpha value is -1.60. The molecule has 2 aromatic heterocycles. The molecule has 124 valence electrons. The highest BCUT2D eigenvalue weighted by atomic mass is 35.5. The minimum atomic E-state index is -0.178. The molecule has 2 aromatic rings. The van der Waals surface area contributed by atoms with Crippen LogP contribution in [-0.4, -0.2) is 32.2 Å². The van der Waals surface area contributed by atoms with Gasteiger partial charge in [-0.25, -0.2) is 9.48 Å². The third kappa shape index (κ3) is 3.67. The van der Waals surface area contributed by atoms with Gasteiger partial charge in [-0.2, -0.15) is 5.10 Å². The molecule has 8 heteroatoms. The summed E-state index contributed by atoms with van der Waals surface area (Å²) in [6, 6.07) is 3.72. The topological polar surface area (TPSA) is 60.1 Å². The molecule has 23 heavy (non-hydrogen) atoms. The lowest BCUT2D eigenvalue weighted by atomic mass is 10.2. The fraction of sp³-hybridized carbons (Fsp3) is 0.533. The first-order chi connectivity index (χ1) is 11.0. The third-order valence-corrected chi connectivity index (χ3v) is 5.23. The molecule has 0 radical (unpaired) electrons. The van der Waals surface area contributed by atoms with Crippen LogP contribution in [0.4, 0.5) is 0 Å². The highest BCUT2D eigenvalue weighted by Crippen LogP contribution is 2.22. The van der Waals surface area contributed by atoms with Crippen molar-refractivity contribution >= 4 is 28.8 Å². The lowest BCUT2D eigenvalue weighted by molar-refractivity contribution is -0.131. The molecule has 1 amide bonds. The van der Waals surface area contributed by atoms with Gasteiger partial charge in [0.25, 0.3) is 0 Å². The fourth-order valence-electron chi connectivity index (χ4n) is 2.74. The number of carbonyl (C=O) groups is 1. The number of thiophene rings is 1. The molecule has 0 saturated heterocycles. The van der Waals surface area contributed by atoms with Gasteiger partial charge in [-0.1, -0.05) is 18.0 Å². The molecule has 0 aromatic carbocycles. The van der Waals surface area contributed by atoms with Crippen molar-refractivity contribution in [2.45, 2.75) is 45.3 Å². The smallest absolute Gasteiger partial charge is 0.339 e. The summed E-state index contributed by atoms with van der Waals surface area (Å²) >= 11 is 7.35. The fourth-order valence-corrected chi connectivity index (χ4v) is 3.88. The molecular formula is C15H19ClN4O2S. The number of nitrogens with zero attached hydrogens (tertiary/aromatic N) is 4. The van der Waals surface area contributed by atoms with E-state index in [0.717, 1.165) is 36.4 Å². The Labute approximate surface area is 143 Å². The van der Waals surface area contributed by atoms with Crippen molar-refractivity contribution in [3.8, 4) is 0 Å². The summed E-state index contributed by atoms with van der Waals surface area (Å²) in [7, 11) is 1.72. The van der Waals surface area contributed by atoms with Crippen LogP contribution in [0.5, 0.6) is 0 Å². The number of likely N-dealkylation sites (N-methyl/N-ethyl adjacent to an activating group) is 1. The van der Waals surface area contributed by atoms with Gasteiger partial charge in [0.1, 0.15) is 12.4 Å². The van der Waals surface area contributed by atoms with E-state index in [1.165, 1.54) is 16.0 Å². The predicted molar refractivity (Wildman–Crippen MR) is 89.8 cm³/mol. The second-order valence-electron chi connectivity index (χ2n) is 5.77. The number of carbonyl (C=O) groups excluding carboxylic acids is 1. The van der Waals surface area contributed by atoms with Crippen molar-refractivity contribution in [1.29, 1.82) is 0 Å². The van der Waals surface area contributed by atoms with Gasteiger partial charge < -0.3 is 4.90 Å². The Morgan fingerprint density at radius 3 is 2.96 bits per heavy atom. The quantitative estimate of drug-likeness (QED) is 0.845. The van der Waals surface area contributed by atoms with Gasteiger partial charge in [0.2, 0.25) is 5.91 Å². The maximum atomic E-state index is 12.4. The Kier molecular flexibility index (Phi) is 4.87. The van der Waals surface area contributed by atoms with Crippen molar-refractivity contribution in [3.63, 3.8) is 0 Å². The molecule has 1 aliphatic heterocycles. The average molecular weight is 355 g/mol. The van der Waals surface area contributed by atoms with Gasteiger partial charge in [-0.3, -0.25) is 9.36 Å². The Morgan fingerprint density at radius 2 is 2.22 bits per heavy atom. The van der Waals surface area contributed by atoms with Crippen LogP contribution in [0.15, 0.2) is 16.9 Å². The summed E-state index contributed by atoms with van der Waals surface area (Å²) in [5.74, 6) is 0.665. The van der Waals surface area contributed by atoms with E-state index in [-0.39, 0.29) is 18.1 Å². The SMILES string of the molecule is CN(Cc1ccc(Cl)s1)C(=O)Cn1nc2n(c1=O)CCCCC2. The van der Waals surface area contributed by atoms with E-state index in [1.807, 2.05) is 12.1 Å². The first-order valence-electron chi connectivity index (χ1n) is 7.69. The lowest BCUT2D eigenvalue weighted by Gasteiger charge is -2.15. The van der Waals surface area contributed by atoms with Crippen molar-refractivity contribution in [1.82, 2.24) is 19.2 Å². The molecule has 0 unspecified atom stereocenters. The van der Waals surface area contributed by atoms with Gasteiger partial charge in [0.15, 0.2) is 0 Å². The summed E-state index contributed by atoms with van der Waals surface area (Å²) in [6.07, 6.45) is 3.96. The molecule has 0 aliphatic carbocycles. The van der Waals surface area contributed by atoms with Crippen LogP contribution in [0.1, 0.15) is 30.0 Å².